The molecule has 0 aromatic heterocycles. The molecule has 0 heterocycles. The van der Waals surface area contributed by atoms with Gasteiger partial charge in [-0.2, -0.15) is 0 Å². The molecule has 1 aliphatic rings. The molecular weight excluding hydrogens is 285 g/mol. The fraction of sp³-hybridized carbons (Fsp3) is 0.500. The predicted octanol–water partition coefficient (Wildman–Crippen LogP) is 3.63. The second-order valence-corrected chi connectivity index (χ2v) is 5.66. The summed E-state index contributed by atoms with van der Waals surface area (Å²) < 4.78 is 13.5. The standard InChI is InChI=1S/C16H22FN3O2/c1-11(21)18-15-10-13(8-9-14(15)17)20-16(22)19-12-6-4-2-3-5-7-12/h8-10,12H,2-7H2,1H3,(H,18,21)(H2,19,20,22). The molecule has 120 valence electrons. The van der Waals surface area contributed by atoms with Crippen molar-refractivity contribution in [3.8, 4) is 0 Å². The van der Waals surface area contributed by atoms with Gasteiger partial charge >= 0.3 is 6.03 Å². The Bertz CT molecular complexity index is 540. The van der Waals surface area contributed by atoms with Crippen LogP contribution in [0.1, 0.15) is 45.4 Å². The van der Waals surface area contributed by atoms with E-state index < -0.39 is 5.82 Å². The monoisotopic (exact) mass is 307 g/mol. The number of amides is 3. The van der Waals surface area contributed by atoms with Crippen molar-refractivity contribution in [2.75, 3.05) is 10.6 Å². The van der Waals surface area contributed by atoms with Crippen LogP contribution >= 0.6 is 0 Å². The molecule has 1 aromatic carbocycles. The maximum atomic E-state index is 13.5. The fourth-order valence-corrected chi connectivity index (χ4v) is 2.66. The summed E-state index contributed by atoms with van der Waals surface area (Å²) in [4.78, 5) is 23.0. The van der Waals surface area contributed by atoms with E-state index in [-0.39, 0.29) is 23.7 Å². The summed E-state index contributed by atoms with van der Waals surface area (Å²) in [5.41, 5.74) is 0.496. The van der Waals surface area contributed by atoms with E-state index >= 15 is 0 Å². The van der Waals surface area contributed by atoms with Crippen LogP contribution in [-0.4, -0.2) is 18.0 Å². The number of hydrogen-bond acceptors (Lipinski definition) is 2. The lowest BCUT2D eigenvalue weighted by Crippen LogP contribution is -2.37. The van der Waals surface area contributed by atoms with Crippen LogP contribution in [0.25, 0.3) is 0 Å². The second-order valence-electron chi connectivity index (χ2n) is 5.66. The highest BCUT2D eigenvalue weighted by molar-refractivity contribution is 5.92. The molecule has 22 heavy (non-hydrogen) atoms. The topological polar surface area (TPSA) is 70.2 Å². The molecule has 2 rings (SSSR count). The first-order chi connectivity index (χ1) is 10.5. The molecule has 3 N–H and O–H groups in total. The minimum atomic E-state index is -0.537. The van der Waals surface area contributed by atoms with Gasteiger partial charge in [0.2, 0.25) is 5.91 Å². The molecule has 0 spiro atoms. The summed E-state index contributed by atoms with van der Waals surface area (Å²) in [7, 11) is 0. The number of rotatable bonds is 3. The minimum Gasteiger partial charge on any atom is -0.335 e. The third-order valence-electron chi connectivity index (χ3n) is 3.73. The smallest absolute Gasteiger partial charge is 0.319 e. The summed E-state index contributed by atoms with van der Waals surface area (Å²) in [6, 6.07) is 3.98. The second kappa shape index (κ2) is 7.77. The Labute approximate surface area is 129 Å². The highest BCUT2D eigenvalue weighted by atomic mass is 19.1. The lowest BCUT2D eigenvalue weighted by molar-refractivity contribution is -0.114. The minimum absolute atomic E-state index is 0.0553. The van der Waals surface area contributed by atoms with Crippen molar-refractivity contribution in [3.63, 3.8) is 0 Å². The van der Waals surface area contributed by atoms with Gasteiger partial charge in [-0.25, -0.2) is 9.18 Å². The fourth-order valence-electron chi connectivity index (χ4n) is 2.66. The maximum Gasteiger partial charge on any atom is 0.319 e. The number of anilines is 2. The molecule has 6 heteroatoms. The van der Waals surface area contributed by atoms with Crippen LogP contribution < -0.4 is 16.0 Å². The molecule has 0 bridgehead atoms. The van der Waals surface area contributed by atoms with Gasteiger partial charge in [-0.3, -0.25) is 4.79 Å². The summed E-state index contributed by atoms with van der Waals surface area (Å²) in [6.45, 7) is 1.30. The van der Waals surface area contributed by atoms with Gasteiger partial charge in [0.15, 0.2) is 0 Å². The largest absolute Gasteiger partial charge is 0.335 e. The first-order valence-electron chi connectivity index (χ1n) is 7.69. The summed E-state index contributed by atoms with van der Waals surface area (Å²) >= 11 is 0. The van der Waals surface area contributed by atoms with Crippen LogP contribution in [0.15, 0.2) is 18.2 Å². The van der Waals surface area contributed by atoms with Crippen LogP contribution in [0, 0.1) is 5.82 Å². The number of urea groups is 1. The van der Waals surface area contributed by atoms with Crippen LogP contribution in [0.3, 0.4) is 0 Å². The van der Waals surface area contributed by atoms with Crippen molar-refractivity contribution in [3.05, 3.63) is 24.0 Å². The summed E-state index contributed by atoms with van der Waals surface area (Å²) in [5.74, 6) is -0.899. The van der Waals surface area contributed by atoms with E-state index in [2.05, 4.69) is 16.0 Å². The zero-order valence-corrected chi connectivity index (χ0v) is 12.7. The van der Waals surface area contributed by atoms with Gasteiger partial charge < -0.3 is 16.0 Å². The van der Waals surface area contributed by atoms with Crippen molar-refractivity contribution < 1.29 is 14.0 Å². The van der Waals surface area contributed by atoms with Crippen LogP contribution in [0.4, 0.5) is 20.6 Å². The quantitative estimate of drug-likeness (QED) is 0.746. The van der Waals surface area contributed by atoms with Crippen LogP contribution in [0.5, 0.6) is 0 Å². The Balaban J connectivity index is 1.94. The number of halogens is 1. The number of carbonyl (C=O) groups is 2. The van der Waals surface area contributed by atoms with Crippen molar-refractivity contribution in [1.29, 1.82) is 0 Å². The molecule has 0 radical (unpaired) electrons. The van der Waals surface area contributed by atoms with Crippen LogP contribution in [0.2, 0.25) is 0 Å². The van der Waals surface area contributed by atoms with Gasteiger partial charge in [-0.05, 0) is 31.0 Å². The number of benzene rings is 1. The van der Waals surface area contributed by atoms with E-state index in [0.717, 1.165) is 25.7 Å². The Morgan fingerprint density at radius 3 is 2.41 bits per heavy atom. The van der Waals surface area contributed by atoms with Crippen molar-refractivity contribution in [1.82, 2.24) is 5.32 Å². The first-order valence-corrected chi connectivity index (χ1v) is 7.69. The average Bonchev–Trinajstić information content (AvgIpc) is 2.70. The molecule has 1 aromatic rings. The molecule has 0 aliphatic heterocycles. The maximum absolute atomic E-state index is 13.5. The van der Waals surface area contributed by atoms with Gasteiger partial charge in [0.05, 0.1) is 5.69 Å². The van der Waals surface area contributed by atoms with E-state index in [1.165, 1.54) is 38.0 Å². The molecule has 0 unspecified atom stereocenters. The zero-order chi connectivity index (χ0) is 15.9. The van der Waals surface area contributed by atoms with E-state index in [0.29, 0.717) is 5.69 Å². The van der Waals surface area contributed by atoms with E-state index in [4.69, 9.17) is 0 Å². The molecule has 1 saturated carbocycles. The van der Waals surface area contributed by atoms with E-state index in [1.54, 1.807) is 0 Å². The predicted molar refractivity (Wildman–Crippen MR) is 84.3 cm³/mol. The van der Waals surface area contributed by atoms with E-state index in [9.17, 15) is 14.0 Å². The zero-order valence-electron chi connectivity index (χ0n) is 12.7. The van der Waals surface area contributed by atoms with E-state index in [1.807, 2.05) is 0 Å². The third kappa shape index (κ3) is 5.02. The lowest BCUT2D eigenvalue weighted by Gasteiger charge is -2.17. The molecule has 0 atom stereocenters. The van der Waals surface area contributed by atoms with Crippen molar-refractivity contribution >= 4 is 23.3 Å². The Hall–Kier alpha value is -2.11. The number of nitrogens with one attached hydrogen (secondary N) is 3. The molecule has 1 aliphatic carbocycles. The average molecular weight is 307 g/mol. The Kier molecular flexibility index (Phi) is 5.75. The Morgan fingerprint density at radius 1 is 1.09 bits per heavy atom. The van der Waals surface area contributed by atoms with Crippen LogP contribution in [-0.2, 0) is 4.79 Å². The molecule has 1 fully saturated rings. The normalized spacial score (nSPS) is 15.7. The van der Waals surface area contributed by atoms with Gasteiger partial charge in [0, 0.05) is 18.7 Å². The molecule has 0 saturated heterocycles. The van der Waals surface area contributed by atoms with Gasteiger partial charge in [0.25, 0.3) is 0 Å². The molecule has 3 amide bonds. The molecular formula is C16H22FN3O2. The van der Waals surface area contributed by atoms with Crippen molar-refractivity contribution in [2.24, 2.45) is 0 Å². The van der Waals surface area contributed by atoms with Gasteiger partial charge in [-0.1, -0.05) is 25.7 Å². The first kappa shape index (κ1) is 16.3. The lowest BCUT2D eigenvalue weighted by atomic mass is 10.1. The summed E-state index contributed by atoms with van der Waals surface area (Å²) in [6.07, 6.45) is 6.69. The summed E-state index contributed by atoms with van der Waals surface area (Å²) in [5, 5.41) is 8.02. The van der Waals surface area contributed by atoms with Gasteiger partial charge in [0.1, 0.15) is 5.82 Å². The SMILES string of the molecule is CC(=O)Nc1cc(NC(=O)NC2CCCCCC2)ccc1F. The molecule has 5 nitrogen and oxygen atoms in total. The van der Waals surface area contributed by atoms with Gasteiger partial charge in [-0.15, -0.1) is 0 Å². The highest BCUT2D eigenvalue weighted by Crippen LogP contribution is 2.20. The third-order valence-corrected chi connectivity index (χ3v) is 3.73. The number of hydrogen-bond donors (Lipinski definition) is 3. The number of carbonyl (C=O) groups excluding carboxylic acids is 2. The highest BCUT2D eigenvalue weighted by Gasteiger charge is 2.15. The van der Waals surface area contributed by atoms with Crippen molar-refractivity contribution in [2.45, 2.75) is 51.5 Å². The Morgan fingerprint density at radius 2 is 1.77 bits per heavy atom.